The van der Waals surface area contributed by atoms with Crippen molar-refractivity contribution in [3.63, 3.8) is 0 Å². The van der Waals surface area contributed by atoms with Crippen molar-refractivity contribution >= 4 is 34.1 Å². The third-order valence-electron chi connectivity index (χ3n) is 3.63. The zero-order valence-electron chi connectivity index (χ0n) is 14.6. The molecule has 0 bridgehead atoms. The van der Waals surface area contributed by atoms with Crippen LogP contribution in [0.15, 0.2) is 53.4 Å². The molecular weight excluding hydrogens is 366 g/mol. The number of carbonyl (C=O) groups is 1. The number of nitrogens with zero attached hydrogens (tertiary/aromatic N) is 2. The van der Waals surface area contributed by atoms with Crippen LogP contribution in [-0.2, 0) is 4.79 Å². The monoisotopic (exact) mass is 385 g/mol. The predicted molar refractivity (Wildman–Crippen MR) is 107 cm³/mol. The summed E-state index contributed by atoms with van der Waals surface area (Å²) in [6, 6.07) is 15.9. The second-order valence-corrected chi connectivity index (χ2v) is 7.75. The number of amides is 1. The van der Waals surface area contributed by atoms with Gasteiger partial charge in [0.05, 0.1) is 7.11 Å². The number of nitrogens with one attached hydrogen (secondary N) is 1. The Bertz CT molecular complexity index is 861. The molecule has 0 atom stereocenters. The molecule has 0 aliphatic carbocycles. The van der Waals surface area contributed by atoms with Crippen LogP contribution in [0, 0.1) is 6.92 Å². The molecule has 1 heterocycles. The average Bonchev–Trinajstić information content (AvgIpc) is 3.12. The molecule has 3 aromatic rings. The summed E-state index contributed by atoms with van der Waals surface area (Å²) in [4.78, 5) is 13.3. The van der Waals surface area contributed by atoms with Crippen LogP contribution in [0.2, 0.25) is 0 Å². The summed E-state index contributed by atoms with van der Waals surface area (Å²) < 4.78 is 5.15. The number of hydrogen-bond donors (Lipinski definition) is 1. The molecular formula is C19H19N3O2S2. The number of aryl methyl sites for hydroxylation is 1. The van der Waals surface area contributed by atoms with Crippen molar-refractivity contribution in [1.29, 1.82) is 0 Å². The van der Waals surface area contributed by atoms with Gasteiger partial charge in [-0.25, -0.2) is 0 Å². The van der Waals surface area contributed by atoms with Gasteiger partial charge in [-0.2, -0.15) is 0 Å². The molecule has 2 aromatic carbocycles. The van der Waals surface area contributed by atoms with Gasteiger partial charge >= 0.3 is 0 Å². The Hall–Kier alpha value is -2.38. The van der Waals surface area contributed by atoms with Gasteiger partial charge in [0.15, 0.2) is 0 Å². The fourth-order valence-electron chi connectivity index (χ4n) is 2.20. The topological polar surface area (TPSA) is 64.1 Å². The van der Waals surface area contributed by atoms with Crippen LogP contribution in [0.25, 0.3) is 10.6 Å². The maximum atomic E-state index is 12.1. The van der Waals surface area contributed by atoms with Gasteiger partial charge in [0.2, 0.25) is 11.0 Å². The third kappa shape index (κ3) is 5.06. The second-order valence-electron chi connectivity index (χ2n) is 5.60. The molecule has 0 saturated carbocycles. The van der Waals surface area contributed by atoms with Crippen molar-refractivity contribution in [2.45, 2.75) is 18.2 Å². The molecule has 0 spiro atoms. The summed E-state index contributed by atoms with van der Waals surface area (Å²) in [7, 11) is 1.63. The largest absolute Gasteiger partial charge is 0.497 e. The number of carbonyl (C=O) groups excluding carboxylic acids is 1. The highest BCUT2D eigenvalue weighted by molar-refractivity contribution is 7.99. The normalized spacial score (nSPS) is 10.5. The summed E-state index contributed by atoms with van der Waals surface area (Å²) in [5.41, 5.74) is 2.18. The molecule has 3 rings (SSSR count). The standard InChI is InChI=1S/C19H19N3O2S2/c1-13-3-9-16(10-4-13)25-12-11-17(23)20-19-22-21-18(26-19)14-5-7-15(24-2)8-6-14/h3-10H,11-12H2,1-2H3,(H,20,22,23). The minimum absolute atomic E-state index is 0.0537. The van der Waals surface area contributed by atoms with Crippen molar-refractivity contribution in [3.05, 3.63) is 54.1 Å². The lowest BCUT2D eigenvalue weighted by Gasteiger charge is -2.02. The molecule has 1 N–H and O–H groups in total. The van der Waals surface area contributed by atoms with Crippen LogP contribution in [0.5, 0.6) is 5.75 Å². The number of anilines is 1. The van der Waals surface area contributed by atoms with E-state index in [-0.39, 0.29) is 5.91 Å². The van der Waals surface area contributed by atoms with Crippen LogP contribution in [0.3, 0.4) is 0 Å². The predicted octanol–water partition coefficient (Wildman–Crippen LogP) is 4.64. The van der Waals surface area contributed by atoms with E-state index in [2.05, 4.69) is 46.7 Å². The van der Waals surface area contributed by atoms with Crippen molar-refractivity contribution in [2.24, 2.45) is 0 Å². The summed E-state index contributed by atoms with van der Waals surface area (Å²) in [5.74, 6) is 1.46. The van der Waals surface area contributed by atoms with Gasteiger partial charge in [-0.05, 0) is 43.3 Å². The second kappa shape index (κ2) is 8.82. The molecule has 5 nitrogen and oxygen atoms in total. The lowest BCUT2D eigenvalue weighted by molar-refractivity contribution is -0.115. The van der Waals surface area contributed by atoms with Crippen LogP contribution in [0.4, 0.5) is 5.13 Å². The van der Waals surface area contributed by atoms with Gasteiger partial charge in [0.25, 0.3) is 0 Å². The number of methoxy groups -OCH3 is 1. The first-order valence-corrected chi connectivity index (χ1v) is 9.91. The molecule has 134 valence electrons. The molecule has 0 fully saturated rings. The van der Waals surface area contributed by atoms with Crippen LogP contribution < -0.4 is 10.1 Å². The average molecular weight is 386 g/mol. The smallest absolute Gasteiger partial charge is 0.227 e. The quantitative estimate of drug-likeness (QED) is 0.600. The Morgan fingerprint density at radius 3 is 2.54 bits per heavy atom. The first kappa shape index (κ1) is 18.4. The molecule has 1 amide bonds. The van der Waals surface area contributed by atoms with Crippen molar-refractivity contribution in [2.75, 3.05) is 18.2 Å². The van der Waals surface area contributed by atoms with E-state index in [9.17, 15) is 4.79 Å². The highest BCUT2D eigenvalue weighted by atomic mass is 32.2. The Labute approximate surface area is 160 Å². The Kier molecular flexibility index (Phi) is 6.25. The van der Waals surface area contributed by atoms with E-state index in [1.807, 2.05) is 24.3 Å². The number of thioether (sulfide) groups is 1. The highest BCUT2D eigenvalue weighted by Crippen LogP contribution is 2.28. The number of aromatic nitrogens is 2. The highest BCUT2D eigenvalue weighted by Gasteiger charge is 2.10. The number of hydrogen-bond acceptors (Lipinski definition) is 6. The summed E-state index contributed by atoms with van der Waals surface area (Å²) in [6.07, 6.45) is 0.427. The van der Waals surface area contributed by atoms with Gasteiger partial charge in [-0.1, -0.05) is 29.0 Å². The Morgan fingerprint density at radius 2 is 1.85 bits per heavy atom. The summed E-state index contributed by atoms with van der Waals surface area (Å²) in [5, 5.41) is 12.3. The molecule has 0 unspecified atom stereocenters. The van der Waals surface area contributed by atoms with E-state index in [1.54, 1.807) is 18.9 Å². The molecule has 0 saturated heterocycles. The van der Waals surface area contributed by atoms with Crippen molar-refractivity contribution in [3.8, 4) is 16.3 Å². The lowest BCUT2D eigenvalue weighted by Crippen LogP contribution is -2.11. The first-order chi connectivity index (χ1) is 12.6. The van der Waals surface area contributed by atoms with E-state index in [1.165, 1.54) is 21.8 Å². The zero-order chi connectivity index (χ0) is 18.4. The van der Waals surface area contributed by atoms with Crippen LogP contribution >= 0.6 is 23.1 Å². The molecule has 26 heavy (non-hydrogen) atoms. The number of ether oxygens (including phenoxy) is 1. The van der Waals surface area contributed by atoms with Crippen LogP contribution in [-0.4, -0.2) is 29.0 Å². The molecule has 0 radical (unpaired) electrons. The summed E-state index contributed by atoms with van der Waals surface area (Å²) in [6.45, 7) is 2.06. The van der Waals surface area contributed by atoms with Crippen molar-refractivity contribution in [1.82, 2.24) is 10.2 Å². The van der Waals surface area contributed by atoms with E-state index in [4.69, 9.17) is 4.74 Å². The number of benzene rings is 2. The fourth-order valence-corrected chi connectivity index (χ4v) is 3.82. The maximum Gasteiger partial charge on any atom is 0.227 e. The minimum atomic E-state index is -0.0537. The fraction of sp³-hybridized carbons (Fsp3) is 0.211. The van der Waals surface area contributed by atoms with E-state index in [0.717, 1.165) is 22.1 Å². The van der Waals surface area contributed by atoms with Gasteiger partial charge in [-0.3, -0.25) is 4.79 Å². The van der Waals surface area contributed by atoms with Crippen LogP contribution in [0.1, 0.15) is 12.0 Å². The molecule has 1 aromatic heterocycles. The van der Waals surface area contributed by atoms with Gasteiger partial charge in [0, 0.05) is 22.6 Å². The van der Waals surface area contributed by atoms with E-state index in [0.29, 0.717) is 11.6 Å². The maximum absolute atomic E-state index is 12.1. The van der Waals surface area contributed by atoms with Gasteiger partial charge in [-0.15, -0.1) is 22.0 Å². The Morgan fingerprint density at radius 1 is 1.12 bits per heavy atom. The van der Waals surface area contributed by atoms with Crippen molar-refractivity contribution < 1.29 is 9.53 Å². The Balaban J connectivity index is 1.50. The van der Waals surface area contributed by atoms with E-state index < -0.39 is 0 Å². The van der Waals surface area contributed by atoms with E-state index >= 15 is 0 Å². The molecule has 0 aliphatic heterocycles. The lowest BCUT2D eigenvalue weighted by atomic mass is 10.2. The SMILES string of the molecule is COc1ccc(-c2nnc(NC(=O)CCSc3ccc(C)cc3)s2)cc1. The first-order valence-electron chi connectivity index (χ1n) is 8.11. The minimum Gasteiger partial charge on any atom is -0.497 e. The van der Waals surface area contributed by atoms with Gasteiger partial charge < -0.3 is 10.1 Å². The third-order valence-corrected chi connectivity index (χ3v) is 5.53. The summed E-state index contributed by atoms with van der Waals surface area (Å²) >= 11 is 3.03. The van der Waals surface area contributed by atoms with Gasteiger partial charge in [0.1, 0.15) is 10.8 Å². The molecule has 0 aliphatic rings. The number of rotatable bonds is 7. The zero-order valence-corrected chi connectivity index (χ0v) is 16.2. The molecule has 7 heteroatoms.